The van der Waals surface area contributed by atoms with Crippen molar-refractivity contribution in [2.75, 3.05) is 13.2 Å². The van der Waals surface area contributed by atoms with Gasteiger partial charge < -0.3 is 89.3 Å². The molecule has 18 heteroatoms. The summed E-state index contributed by atoms with van der Waals surface area (Å²) in [7, 11) is 0. The lowest BCUT2D eigenvalue weighted by Crippen LogP contribution is -2.64. The van der Waals surface area contributed by atoms with Crippen LogP contribution in [0.1, 0.15) is 99.3 Å². The monoisotopic (exact) mass is 905 g/mol. The number of ether oxygens (including phenoxy) is 7. The predicted molar refractivity (Wildman–Crippen MR) is 218 cm³/mol. The zero-order valence-electron chi connectivity index (χ0n) is 37.5. The summed E-state index contributed by atoms with van der Waals surface area (Å²) in [5, 5.41) is 118. The van der Waals surface area contributed by atoms with Gasteiger partial charge in [-0.05, 0) is 112 Å². The summed E-state index contributed by atoms with van der Waals surface area (Å²) >= 11 is 0. The molecule has 0 aromatic carbocycles. The molecule has 63 heavy (non-hydrogen) atoms. The highest BCUT2D eigenvalue weighted by molar-refractivity contribution is 5.16. The lowest BCUT2D eigenvalue weighted by molar-refractivity contribution is -0.363. The topological polar surface area (TPSA) is 287 Å². The van der Waals surface area contributed by atoms with Gasteiger partial charge in [0.05, 0.1) is 43.7 Å². The van der Waals surface area contributed by atoms with Crippen LogP contribution < -0.4 is 0 Å². The van der Waals surface area contributed by atoms with Crippen LogP contribution in [-0.2, 0) is 33.2 Å². The van der Waals surface area contributed by atoms with E-state index >= 15 is 0 Å². The van der Waals surface area contributed by atoms with Crippen LogP contribution in [0, 0.1) is 52.3 Å². The van der Waals surface area contributed by atoms with E-state index in [1.165, 1.54) is 6.92 Å². The fraction of sp³-hybridized carbons (Fsp3) is 1.00. The van der Waals surface area contributed by atoms with E-state index < -0.39 is 117 Å². The Morgan fingerprint density at radius 3 is 1.98 bits per heavy atom. The normalized spacial score (nSPS) is 57.5. The number of fused-ring (bicyclic) bond motifs is 7. The molecule has 0 unspecified atom stereocenters. The fourth-order valence-corrected chi connectivity index (χ4v) is 14.1. The van der Waals surface area contributed by atoms with Crippen LogP contribution in [0.4, 0.5) is 0 Å². The Balaban J connectivity index is 0.945. The molecule has 4 aliphatic carbocycles. The first-order valence-corrected chi connectivity index (χ1v) is 23.7. The van der Waals surface area contributed by atoms with Gasteiger partial charge in [-0.3, -0.25) is 0 Å². The van der Waals surface area contributed by atoms with Crippen molar-refractivity contribution in [1.82, 2.24) is 0 Å². The smallest absolute Gasteiger partial charge is 0.187 e. The summed E-state index contributed by atoms with van der Waals surface area (Å²) in [5.74, 6) is -0.753. The molecule has 18 nitrogen and oxygen atoms in total. The summed E-state index contributed by atoms with van der Waals surface area (Å²) in [6, 6.07) is 0. The molecule has 0 bridgehead atoms. The predicted octanol–water partition coefficient (Wildman–Crippen LogP) is -0.753. The molecule has 0 radical (unpaired) electrons. The second-order valence-electron chi connectivity index (χ2n) is 21.6. The van der Waals surface area contributed by atoms with Crippen LogP contribution in [0.25, 0.3) is 0 Å². The van der Waals surface area contributed by atoms with Crippen LogP contribution in [0.3, 0.4) is 0 Å². The third kappa shape index (κ3) is 8.49. The quantitative estimate of drug-likeness (QED) is 0.114. The third-order valence-corrected chi connectivity index (χ3v) is 17.9. The number of hydrogen-bond donors (Lipinski definition) is 11. The molecule has 11 N–H and O–H groups in total. The average molecular weight is 905 g/mol. The van der Waals surface area contributed by atoms with E-state index in [2.05, 4.69) is 20.8 Å². The number of rotatable bonds is 11. The van der Waals surface area contributed by atoms with Gasteiger partial charge in [-0.2, -0.15) is 0 Å². The molecule has 0 aromatic heterocycles. The molecule has 4 saturated carbocycles. The van der Waals surface area contributed by atoms with Gasteiger partial charge in [-0.1, -0.05) is 27.7 Å². The molecule has 364 valence electrons. The van der Waals surface area contributed by atoms with E-state index in [-0.39, 0.29) is 59.0 Å². The lowest BCUT2D eigenvalue weighted by Gasteiger charge is -2.63. The number of hydrogen-bond acceptors (Lipinski definition) is 18. The Morgan fingerprint density at radius 2 is 1.29 bits per heavy atom. The number of aliphatic hydroxyl groups excluding tert-OH is 10. The summed E-state index contributed by atoms with van der Waals surface area (Å²) in [4.78, 5) is 0. The minimum atomic E-state index is -1.64. The summed E-state index contributed by atoms with van der Waals surface area (Å²) in [6.07, 6.45) is -14.7. The van der Waals surface area contributed by atoms with Gasteiger partial charge in [0.2, 0.25) is 0 Å². The van der Waals surface area contributed by atoms with Crippen molar-refractivity contribution in [3.05, 3.63) is 0 Å². The molecule has 28 atom stereocenters. The second kappa shape index (κ2) is 18.3. The Kier molecular flexibility index (Phi) is 14.2. The van der Waals surface area contributed by atoms with E-state index in [1.807, 2.05) is 6.92 Å². The largest absolute Gasteiger partial charge is 0.394 e. The first-order valence-electron chi connectivity index (χ1n) is 23.7. The average Bonchev–Trinajstić information content (AvgIpc) is 3.68. The molecule has 0 amide bonds. The molecule has 0 aromatic rings. The standard InChI is InChI=1S/C45H76O18/c1-18(17-57-40-36(53)35(52)33(50)29(16-46)61-40)7-12-45(56)19(2)30-28(63-45)15-25-23-14-27(26-13-22(47)8-10-43(26,5)24(23)9-11-44(25,30)6)60-42-38(55)39(32(49)21(4)59-42)62-41-37(54)34(51)31(48)20(3)58-41/h18-42,46-56H,7-17H2,1-6H3/t18-,19-,20-,21+,22-,23+,24-,25-,26+,27-,28-,29+,30-,31-,32+,33+,34+,35-,36+,37+,38+,39-,40+,41-,42-,43+,44-,45-/m0/s1. The molecule has 4 heterocycles. The zero-order chi connectivity index (χ0) is 45.7. The van der Waals surface area contributed by atoms with E-state index in [0.717, 1.165) is 25.7 Å². The van der Waals surface area contributed by atoms with Crippen LogP contribution >= 0.6 is 0 Å². The van der Waals surface area contributed by atoms with Gasteiger partial charge in [-0.15, -0.1) is 0 Å². The molecule has 0 spiro atoms. The SMILES string of the molecule is C[C@@H](CC[C@]1(O)O[C@H]2C[C@H]3[C@@H]4C[C@H](O[C@@H]5O[C@H](C)[C@@H](O)[C@H](O[C@@H]6O[C@@H](C)[C@H](O)[C@@H](O)[C@H]6O)[C@H]5O)[C@H]5C[C@@H](O)CC[C@]5(C)[C@H]4CC[C@]3(C)[C@H]2[C@@H]1C)CO[C@@H]1O[C@H](CO)[C@@H](O)[C@H](O)[C@H]1O. The Hall–Kier alpha value is -0.720. The molecular formula is C45H76O18. The fourth-order valence-electron chi connectivity index (χ4n) is 14.1. The molecule has 8 fully saturated rings. The van der Waals surface area contributed by atoms with Crippen LogP contribution in [0.15, 0.2) is 0 Å². The molecule has 8 rings (SSSR count). The van der Waals surface area contributed by atoms with E-state index in [0.29, 0.717) is 38.0 Å². The van der Waals surface area contributed by atoms with E-state index in [1.54, 1.807) is 6.92 Å². The van der Waals surface area contributed by atoms with Crippen molar-refractivity contribution in [2.45, 2.75) is 216 Å². The van der Waals surface area contributed by atoms with Gasteiger partial charge in [0, 0.05) is 12.3 Å². The first kappa shape index (κ1) is 48.7. The second-order valence-corrected chi connectivity index (χ2v) is 21.6. The minimum Gasteiger partial charge on any atom is -0.394 e. The molecule has 4 saturated heterocycles. The van der Waals surface area contributed by atoms with Crippen molar-refractivity contribution >= 4 is 0 Å². The minimum absolute atomic E-state index is 0.0435. The Labute approximate surface area is 369 Å². The van der Waals surface area contributed by atoms with Gasteiger partial charge in [0.15, 0.2) is 24.7 Å². The highest BCUT2D eigenvalue weighted by Gasteiger charge is 2.69. The Morgan fingerprint density at radius 1 is 0.651 bits per heavy atom. The Bertz CT molecular complexity index is 1560. The number of aliphatic hydroxyl groups is 11. The van der Waals surface area contributed by atoms with Crippen molar-refractivity contribution in [1.29, 1.82) is 0 Å². The third-order valence-electron chi connectivity index (χ3n) is 17.9. The van der Waals surface area contributed by atoms with E-state index in [4.69, 9.17) is 33.2 Å². The van der Waals surface area contributed by atoms with Crippen molar-refractivity contribution in [3.63, 3.8) is 0 Å². The summed E-state index contributed by atoms with van der Waals surface area (Å²) in [6.45, 7) is 11.5. The molecular weight excluding hydrogens is 828 g/mol. The highest BCUT2D eigenvalue weighted by atomic mass is 16.7. The van der Waals surface area contributed by atoms with Gasteiger partial charge in [0.25, 0.3) is 0 Å². The molecule has 8 aliphatic rings. The molecule has 4 aliphatic heterocycles. The van der Waals surface area contributed by atoms with Crippen LogP contribution in [-0.4, -0.2) is 186 Å². The maximum atomic E-state index is 12.2. The van der Waals surface area contributed by atoms with Gasteiger partial charge in [0.1, 0.15) is 61.0 Å². The maximum absolute atomic E-state index is 12.2. The van der Waals surface area contributed by atoms with Crippen molar-refractivity contribution in [2.24, 2.45) is 52.3 Å². The van der Waals surface area contributed by atoms with Crippen molar-refractivity contribution < 1.29 is 89.3 Å². The van der Waals surface area contributed by atoms with Gasteiger partial charge >= 0.3 is 0 Å². The van der Waals surface area contributed by atoms with Crippen molar-refractivity contribution in [3.8, 4) is 0 Å². The lowest BCUT2D eigenvalue weighted by atomic mass is 9.43. The zero-order valence-corrected chi connectivity index (χ0v) is 37.5. The summed E-state index contributed by atoms with van der Waals surface area (Å²) < 4.78 is 42.7. The van der Waals surface area contributed by atoms with Crippen LogP contribution in [0.5, 0.6) is 0 Å². The summed E-state index contributed by atoms with van der Waals surface area (Å²) in [5.41, 5.74) is -0.329. The maximum Gasteiger partial charge on any atom is 0.187 e. The highest BCUT2D eigenvalue weighted by Crippen LogP contribution is 2.71. The van der Waals surface area contributed by atoms with E-state index in [9.17, 15) is 56.2 Å². The van der Waals surface area contributed by atoms with Gasteiger partial charge in [-0.25, -0.2) is 0 Å². The first-order chi connectivity index (χ1) is 29.6. The van der Waals surface area contributed by atoms with Crippen LogP contribution in [0.2, 0.25) is 0 Å².